The van der Waals surface area contributed by atoms with Crippen LogP contribution in [0.2, 0.25) is 5.02 Å². The van der Waals surface area contributed by atoms with Gasteiger partial charge in [-0.05, 0) is 29.9 Å². The van der Waals surface area contributed by atoms with Gasteiger partial charge in [0, 0.05) is 0 Å². The van der Waals surface area contributed by atoms with Gasteiger partial charge in [-0.2, -0.15) is 5.10 Å². The second-order valence-electron chi connectivity index (χ2n) is 2.41. The van der Waals surface area contributed by atoms with Gasteiger partial charge in [0.15, 0.2) is 5.11 Å². The van der Waals surface area contributed by atoms with Gasteiger partial charge in [-0.1, -0.05) is 17.7 Å². The van der Waals surface area contributed by atoms with Crippen molar-refractivity contribution in [3.63, 3.8) is 0 Å². The fraction of sp³-hybridized carbons (Fsp3) is 0. The van der Waals surface area contributed by atoms with Crippen LogP contribution in [0, 0.1) is 5.82 Å². The predicted molar refractivity (Wildman–Crippen MR) is 58.9 cm³/mol. The topological polar surface area (TPSA) is 50.4 Å². The molecule has 6 heteroatoms. The Kier molecular flexibility index (Phi) is 3.79. The van der Waals surface area contributed by atoms with Crippen LogP contribution in [-0.2, 0) is 0 Å². The summed E-state index contributed by atoms with van der Waals surface area (Å²) in [4.78, 5) is 0. The van der Waals surface area contributed by atoms with Gasteiger partial charge < -0.3 is 5.73 Å². The quantitative estimate of drug-likeness (QED) is 0.462. The zero-order valence-electron chi connectivity index (χ0n) is 7.00. The van der Waals surface area contributed by atoms with E-state index in [0.717, 1.165) is 0 Å². The van der Waals surface area contributed by atoms with Gasteiger partial charge in [0.2, 0.25) is 0 Å². The summed E-state index contributed by atoms with van der Waals surface area (Å²) in [5.74, 6) is -0.467. The lowest BCUT2D eigenvalue weighted by Crippen LogP contribution is -2.23. The van der Waals surface area contributed by atoms with E-state index in [1.165, 1.54) is 24.4 Å². The van der Waals surface area contributed by atoms with E-state index in [0.29, 0.717) is 5.56 Å². The third-order valence-corrected chi connectivity index (χ3v) is 1.71. The zero-order chi connectivity index (χ0) is 10.6. The second-order valence-corrected chi connectivity index (χ2v) is 3.25. The Hall–Kier alpha value is -1.20. The number of hydrogen-bond donors (Lipinski definition) is 2. The minimum Gasteiger partial charge on any atom is -0.375 e. The molecule has 0 amide bonds. The van der Waals surface area contributed by atoms with Gasteiger partial charge in [-0.3, -0.25) is 5.43 Å². The summed E-state index contributed by atoms with van der Waals surface area (Å²) in [6.45, 7) is 0. The van der Waals surface area contributed by atoms with E-state index in [9.17, 15) is 4.39 Å². The third kappa shape index (κ3) is 3.27. The highest BCUT2D eigenvalue weighted by atomic mass is 35.5. The molecule has 3 N–H and O–H groups in total. The van der Waals surface area contributed by atoms with Crippen molar-refractivity contribution in [3.05, 3.63) is 34.6 Å². The molecule has 0 aromatic heterocycles. The molecule has 0 saturated heterocycles. The highest BCUT2D eigenvalue weighted by molar-refractivity contribution is 7.80. The first kappa shape index (κ1) is 10.9. The first-order valence-corrected chi connectivity index (χ1v) is 4.42. The molecule has 3 nitrogen and oxygen atoms in total. The van der Waals surface area contributed by atoms with Gasteiger partial charge in [0.1, 0.15) is 5.82 Å². The average molecular weight is 232 g/mol. The number of nitrogens with two attached hydrogens (primary N) is 1. The number of thiocarbonyl (C=S) groups is 1. The Morgan fingerprint density at radius 2 is 2.36 bits per heavy atom. The molecule has 1 rings (SSSR count). The fourth-order valence-electron chi connectivity index (χ4n) is 0.763. The number of hydrazone groups is 1. The number of rotatable bonds is 2. The van der Waals surface area contributed by atoms with Crippen LogP contribution in [0.1, 0.15) is 5.56 Å². The van der Waals surface area contributed by atoms with E-state index in [1.807, 2.05) is 0 Å². The van der Waals surface area contributed by atoms with Crippen molar-refractivity contribution in [2.45, 2.75) is 0 Å². The summed E-state index contributed by atoms with van der Waals surface area (Å²) in [5.41, 5.74) is 8.15. The van der Waals surface area contributed by atoms with Crippen molar-refractivity contribution in [3.8, 4) is 0 Å². The summed E-state index contributed by atoms with van der Waals surface area (Å²) in [7, 11) is 0. The zero-order valence-corrected chi connectivity index (χ0v) is 8.57. The number of hydrogen-bond acceptors (Lipinski definition) is 2. The van der Waals surface area contributed by atoms with Gasteiger partial charge in [0.05, 0.1) is 11.2 Å². The summed E-state index contributed by atoms with van der Waals surface area (Å²) >= 11 is 10.1. The molecule has 0 spiro atoms. The normalized spacial score (nSPS) is 10.4. The smallest absolute Gasteiger partial charge is 0.184 e. The Balaban J connectivity index is 2.73. The van der Waals surface area contributed by atoms with Crippen molar-refractivity contribution < 1.29 is 4.39 Å². The van der Waals surface area contributed by atoms with Gasteiger partial charge in [0.25, 0.3) is 0 Å². The van der Waals surface area contributed by atoms with Crippen molar-refractivity contribution in [1.29, 1.82) is 0 Å². The van der Waals surface area contributed by atoms with E-state index in [1.54, 1.807) is 0 Å². The number of nitrogens with one attached hydrogen (secondary N) is 1. The van der Waals surface area contributed by atoms with Gasteiger partial charge in [-0.25, -0.2) is 4.39 Å². The van der Waals surface area contributed by atoms with Crippen LogP contribution in [0.25, 0.3) is 0 Å². The van der Waals surface area contributed by atoms with Gasteiger partial charge in [-0.15, -0.1) is 0 Å². The highest BCUT2D eigenvalue weighted by Gasteiger charge is 1.98. The lowest BCUT2D eigenvalue weighted by atomic mass is 10.2. The summed E-state index contributed by atoms with van der Waals surface area (Å²) in [6.07, 6.45) is 1.43. The lowest BCUT2D eigenvalue weighted by molar-refractivity contribution is 0.628. The second kappa shape index (κ2) is 4.88. The van der Waals surface area contributed by atoms with E-state index < -0.39 is 5.82 Å². The highest BCUT2D eigenvalue weighted by Crippen LogP contribution is 2.14. The number of nitrogens with zero attached hydrogens (tertiary/aromatic N) is 1. The largest absolute Gasteiger partial charge is 0.375 e. The van der Waals surface area contributed by atoms with Crippen LogP contribution in [0.5, 0.6) is 0 Å². The van der Waals surface area contributed by atoms with Gasteiger partial charge >= 0.3 is 0 Å². The Bertz CT molecular complexity index is 381. The molecule has 0 saturated carbocycles. The standard InChI is InChI=1S/C8H7ClFN3S/c9-6-3-5(1-2-7(6)10)4-12-13-8(11)14/h1-4H,(H3,11,13,14)/b12-4-. The Labute approximate surface area is 90.7 Å². The molecule has 0 aliphatic heterocycles. The minimum absolute atomic E-state index is 0.0456. The molecule has 0 bridgehead atoms. The molecule has 74 valence electrons. The molecule has 1 aromatic carbocycles. The first-order valence-electron chi connectivity index (χ1n) is 3.63. The maximum atomic E-state index is 12.7. The van der Waals surface area contributed by atoms with Crippen LogP contribution < -0.4 is 11.2 Å². The van der Waals surface area contributed by atoms with Crippen LogP contribution >= 0.6 is 23.8 Å². The van der Waals surface area contributed by atoms with Crippen LogP contribution in [0.4, 0.5) is 4.39 Å². The van der Waals surface area contributed by atoms with Crippen molar-refractivity contribution in [2.75, 3.05) is 0 Å². The predicted octanol–water partition coefficient (Wildman–Crippen LogP) is 1.65. The van der Waals surface area contributed by atoms with E-state index >= 15 is 0 Å². The van der Waals surface area contributed by atoms with E-state index in [2.05, 4.69) is 22.7 Å². The maximum Gasteiger partial charge on any atom is 0.184 e. The molecule has 0 aliphatic carbocycles. The maximum absolute atomic E-state index is 12.7. The van der Waals surface area contributed by atoms with Crippen molar-refractivity contribution >= 4 is 35.1 Å². The molecule has 14 heavy (non-hydrogen) atoms. The third-order valence-electron chi connectivity index (χ3n) is 1.33. The Morgan fingerprint density at radius 1 is 1.64 bits per heavy atom. The SMILES string of the molecule is NC(=S)N/N=C\c1ccc(F)c(Cl)c1. The molecule has 1 aromatic rings. The van der Waals surface area contributed by atoms with Crippen LogP contribution in [0.3, 0.4) is 0 Å². The summed E-state index contributed by atoms with van der Waals surface area (Å²) in [5, 5.41) is 3.80. The lowest BCUT2D eigenvalue weighted by Gasteiger charge is -1.96. The fourth-order valence-corrected chi connectivity index (χ4v) is 1.00. The molecular weight excluding hydrogens is 225 g/mol. The number of halogens is 2. The first-order chi connectivity index (χ1) is 6.59. The van der Waals surface area contributed by atoms with Crippen molar-refractivity contribution in [2.24, 2.45) is 10.8 Å². The summed E-state index contributed by atoms with van der Waals surface area (Å²) < 4.78 is 12.7. The molecule has 0 heterocycles. The average Bonchev–Trinajstić information content (AvgIpc) is 2.10. The van der Waals surface area contributed by atoms with Crippen LogP contribution in [0.15, 0.2) is 23.3 Å². The van der Waals surface area contributed by atoms with Crippen molar-refractivity contribution in [1.82, 2.24) is 5.43 Å². The van der Waals surface area contributed by atoms with E-state index in [4.69, 9.17) is 17.3 Å². The number of benzene rings is 1. The molecule has 0 fully saturated rings. The molecule has 0 radical (unpaired) electrons. The monoisotopic (exact) mass is 231 g/mol. The van der Waals surface area contributed by atoms with E-state index in [-0.39, 0.29) is 10.1 Å². The molecular formula is C8H7ClFN3S. The molecule has 0 aliphatic rings. The van der Waals surface area contributed by atoms with Crippen LogP contribution in [-0.4, -0.2) is 11.3 Å². The molecule has 0 unspecified atom stereocenters. The summed E-state index contributed by atoms with van der Waals surface area (Å²) in [6, 6.07) is 4.23. The minimum atomic E-state index is -0.467. The Morgan fingerprint density at radius 3 is 2.93 bits per heavy atom. The molecule has 0 atom stereocenters.